The number of methoxy groups -OCH3 is 1. The summed E-state index contributed by atoms with van der Waals surface area (Å²) in [6.07, 6.45) is -3.00. The van der Waals surface area contributed by atoms with Crippen LogP contribution in [0, 0.1) is 0 Å². The second kappa shape index (κ2) is 7.82. The van der Waals surface area contributed by atoms with Crippen molar-refractivity contribution < 1.29 is 34.3 Å². The molecule has 7 heteroatoms. The molecule has 0 spiro atoms. The van der Waals surface area contributed by atoms with Gasteiger partial charge in [-0.3, -0.25) is 0 Å². The van der Waals surface area contributed by atoms with Crippen molar-refractivity contribution >= 4 is 0 Å². The maximum Gasteiger partial charge on any atom is 0.186 e. The van der Waals surface area contributed by atoms with Crippen LogP contribution in [0.25, 0.3) is 0 Å². The van der Waals surface area contributed by atoms with Gasteiger partial charge in [-0.05, 0) is 6.42 Å². The van der Waals surface area contributed by atoms with Crippen LogP contribution < -0.4 is 0 Å². The van der Waals surface area contributed by atoms with Crippen molar-refractivity contribution in [3.05, 3.63) is 0 Å². The lowest BCUT2D eigenvalue weighted by Crippen LogP contribution is -2.54. The number of hydrogen-bond acceptors (Lipinski definition) is 7. The van der Waals surface area contributed by atoms with Crippen molar-refractivity contribution in [3.63, 3.8) is 0 Å². The maximum atomic E-state index is 10.1. The van der Waals surface area contributed by atoms with E-state index in [1.807, 2.05) is 6.92 Å². The SMILES string of the molecule is CCC1CC(O)C(OC2OC(COC)CC(O)C2O)CO1. The number of hydrogen-bond donors (Lipinski definition) is 3. The molecule has 2 rings (SSSR count). The number of aliphatic hydroxyl groups is 3. The highest BCUT2D eigenvalue weighted by atomic mass is 16.7. The van der Waals surface area contributed by atoms with Gasteiger partial charge in [-0.2, -0.15) is 0 Å². The predicted molar refractivity (Wildman–Crippen MR) is 72.7 cm³/mol. The lowest BCUT2D eigenvalue weighted by molar-refractivity contribution is -0.304. The molecule has 7 unspecified atom stereocenters. The summed E-state index contributed by atoms with van der Waals surface area (Å²) in [5.74, 6) is 0. The van der Waals surface area contributed by atoms with E-state index in [9.17, 15) is 15.3 Å². The van der Waals surface area contributed by atoms with E-state index >= 15 is 0 Å². The Morgan fingerprint density at radius 2 is 1.81 bits per heavy atom. The molecule has 2 fully saturated rings. The highest BCUT2D eigenvalue weighted by Gasteiger charge is 2.41. The zero-order valence-electron chi connectivity index (χ0n) is 12.6. The second-order valence-corrected chi connectivity index (χ2v) is 5.72. The van der Waals surface area contributed by atoms with Crippen LogP contribution in [-0.2, 0) is 18.9 Å². The molecule has 21 heavy (non-hydrogen) atoms. The average Bonchev–Trinajstić information content (AvgIpc) is 2.46. The van der Waals surface area contributed by atoms with Gasteiger partial charge in [-0.1, -0.05) is 6.92 Å². The topological polar surface area (TPSA) is 97.6 Å². The molecule has 0 amide bonds. The van der Waals surface area contributed by atoms with Crippen molar-refractivity contribution in [1.29, 1.82) is 0 Å². The van der Waals surface area contributed by atoms with Crippen LogP contribution in [-0.4, -0.2) is 78.6 Å². The van der Waals surface area contributed by atoms with E-state index in [0.29, 0.717) is 13.0 Å². The highest BCUT2D eigenvalue weighted by molar-refractivity contribution is 4.84. The Morgan fingerprint density at radius 3 is 2.43 bits per heavy atom. The van der Waals surface area contributed by atoms with Crippen LogP contribution in [0.4, 0.5) is 0 Å². The Morgan fingerprint density at radius 1 is 1.10 bits per heavy atom. The van der Waals surface area contributed by atoms with Crippen molar-refractivity contribution in [2.75, 3.05) is 20.3 Å². The summed E-state index contributed by atoms with van der Waals surface area (Å²) in [6.45, 7) is 2.56. The van der Waals surface area contributed by atoms with Crippen LogP contribution in [0.15, 0.2) is 0 Å². The molecule has 2 aliphatic rings. The van der Waals surface area contributed by atoms with E-state index in [1.54, 1.807) is 7.11 Å². The van der Waals surface area contributed by atoms with Gasteiger partial charge >= 0.3 is 0 Å². The first-order valence-electron chi connectivity index (χ1n) is 7.50. The summed E-state index contributed by atoms with van der Waals surface area (Å²) in [4.78, 5) is 0. The molecule has 7 atom stereocenters. The molecule has 0 bridgehead atoms. The Bertz CT molecular complexity index is 314. The van der Waals surface area contributed by atoms with Crippen LogP contribution in [0.2, 0.25) is 0 Å². The molecule has 124 valence electrons. The molecule has 0 aromatic heterocycles. The van der Waals surface area contributed by atoms with E-state index in [1.165, 1.54) is 0 Å². The van der Waals surface area contributed by atoms with Gasteiger partial charge in [0.15, 0.2) is 6.29 Å². The van der Waals surface area contributed by atoms with Crippen LogP contribution >= 0.6 is 0 Å². The first kappa shape index (κ1) is 17.1. The molecule has 2 heterocycles. The van der Waals surface area contributed by atoms with E-state index in [0.717, 1.165) is 6.42 Å². The summed E-state index contributed by atoms with van der Waals surface area (Å²) < 4.78 is 21.8. The Kier molecular flexibility index (Phi) is 6.36. The van der Waals surface area contributed by atoms with Gasteiger partial charge in [0, 0.05) is 20.0 Å². The van der Waals surface area contributed by atoms with E-state index in [-0.39, 0.29) is 25.2 Å². The molecular weight excluding hydrogens is 280 g/mol. The molecule has 0 saturated carbocycles. The van der Waals surface area contributed by atoms with E-state index in [4.69, 9.17) is 18.9 Å². The third kappa shape index (κ3) is 4.35. The standard InChI is InChI=1S/C14H26O7/c1-3-8-4-10(15)12(7-19-8)21-14-13(17)11(16)5-9(20-14)6-18-2/h8-17H,3-7H2,1-2H3. The first-order valence-corrected chi connectivity index (χ1v) is 7.50. The summed E-state index contributed by atoms with van der Waals surface area (Å²) in [6, 6.07) is 0. The van der Waals surface area contributed by atoms with Gasteiger partial charge in [-0.25, -0.2) is 0 Å². The fourth-order valence-corrected chi connectivity index (χ4v) is 2.74. The van der Waals surface area contributed by atoms with Crippen molar-refractivity contribution in [2.24, 2.45) is 0 Å². The largest absolute Gasteiger partial charge is 0.390 e. The summed E-state index contributed by atoms with van der Waals surface area (Å²) in [5, 5.41) is 29.9. The van der Waals surface area contributed by atoms with E-state index < -0.39 is 30.7 Å². The molecule has 3 N–H and O–H groups in total. The normalized spacial score (nSPS) is 44.7. The molecule has 7 nitrogen and oxygen atoms in total. The zero-order valence-corrected chi connectivity index (χ0v) is 12.6. The van der Waals surface area contributed by atoms with Crippen molar-refractivity contribution in [1.82, 2.24) is 0 Å². The van der Waals surface area contributed by atoms with Crippen LogP contribution in [0.5, 0.6) is 0 Å². The fourth-order valence-electron chi connectivity index (χ4n) is 2.74. The molecule has 2 saturated heterocycles. The summed E-state index contributed by atoms with van der Waals surface area (Å²) in [5.41, 5.74) is 0. The average molecular weight is 306 g/mol. The quantitative estimate of drug-likeness (QED) is 0.625. The monoisotopic (exact) mass is 306 g/mol. The molecule has 0 radical (unpaired) electrons. The van der Waals surface area contributed by atoms with Crippen LogP contribution in [0.3, 0.4) is 0 Å². The van der Waals surface area contributed by atoms with Crippen molar-refractivity contribution in [2.45, 2.75) is 69.1 Å². The fraction of sp³-hybridized carbons (Fsp3) is 1.00. The second-order valence-electron chi connectivity index (χ2n) is 5.72. The number of aliphatic hydroxyl groups excluding tert-OH is 3. The lowest BCUT2D eigenvalue weighted by atomic mass is 10.0. The molecule has 0 aromatic rings. The highest BCUT2D eigenvalue weighted by Crippen LogP contribution is 2.26. The first-order chi connectivity index (χ1) is 10.0. The van der Waals surface area contributed by atoms with Gasteiger partial charge in [0.1, 0.15) is 12.2 Å². The smallest absolute Gasteiger partial charge is 0.186 e. The van der Waals surface area contributed by atoms with Crippen LogP contribution in [0.1, 0.15) is 26.2 Å². The molecule has 2 aliphatic heterocycles. The third-order valence-corrected chi connectivity index (χ3v) is 4.05. The van der Waals surface area contributed by atoms with Gasteiger partial charge in [-0.15, -0.1) is 0 Å². The number of rotatable bonds is 5. The van der Waals surface area contributed by atoms with Gasteiger partial charge in [0.2, 0.25) is 0 Å². The summed E-state index contributed by atoms with van der Waals surface area (Å²) in [7, 11) is 1.54. The Balaban J connectivity index is 1.90. The van der Waals surface area contributed by atoms with Gasteiger partial charge < -0.3 is 34.3 Å². The molecule has 0 aromatic carbocycles. The third-order valence-electron chi connectivity index (χ3n) is 4.05. The predicted octanol–water partition coefficient (Wildman–Crippen LogP) is -0.585. The molecular formula is C14H26O7. The molecule has 0 aliphatic carbocycles. The van der Waals surface area contributed by atoms with Gasteiger partial charge in [0.25, 0.3) is 0 Å². The lowest BCUT2D eigenvalue weighted by Gasteiger charge is -2.40. The number of ether oxygens (including phenoxy) is 4. The zero-order chi connectivity index (χ0) is 15.4. The van der Waals surface area contributed by atoms with E-state index in [2.05, 4.69) is 0 Å². The Labute approximate surface area is 124 Å². The van der Waals surface area contributed by atoms with Crippen molar-refractivity contribution in [3.8, 4) is 0 Å². The minimum atomic E-state index is -1.14. The minimum Gasteiger partial charge on any atom is -0.390 e. The minimum absolute atomic E-state index is 0.0314. The summed E-state index contributed by atoms with van der Waals surface area (Å²) >= 11 is 0. The Hall–Kier alpha value is -0.280. The maximum absolute atomic E-state index is 10.1. The van der Waals surface area contributed by atoms with Gasteiger partial charge in [0.05, 0.1) is 37.6 Å².